The first-order valence-electron chi connectivity index (χ1n) is 10.7. The Balaban J connectivity index is 1.55. The maximum absolute atomic E-state index is 13.0. The standard InChI is InChI=1S/C24H26N4O4S/c1-5-31-18-9-6-16(7-10-18)23-25-15(2)21(33-23)22(29)26-17-8-11-20-19(14-17)28(24(30)32-20)13-12-27(3)4/h6-11,14H,5,12-13H2,1-4H3,(H,26,29). The minimum Gasteiger partial charge on any atom is -0.494 e. The van der Waals surface area contributed by atoms with Gasteiger partial charge in [-0.15, -0.1) is 11.3 Å². The molecule has 1 amide bonds. The SMILES string of the molecule is CCOc1ccc(-c2nc(C)c(C(=O)Nc3ccc4oc(=O)n(CCN(C)C)c4c3)s2)cc1. The van der Waals surface area contributed by atoms with Gasteiger partial charge in [-0.05, 0) is 70.4 Å². The summed E-state index contributed by atoms with van der Waals surface area (Å²) in [5.74, 6) is 0.145. The highest BCUT2D eigenvalue weighted by atomic mass is 32.1. The van der Waals surface area contributed by atoms with E-state index < -0.39 is 5.76 Å². The molecule has 0 aliphatic heterocycles. The number of hydrogen-bond acceptors (Lipinski definition) is 7. The number of anilines is 1. The van der Waals surface area contributed by atoms with Crippen LogP contribution in [0.1, 0.15) is 22.3 Å². The highest BCUT2D eigenvalue weighted by molar-refractivity contribution is 7.17. The van der Waals surface area contributed by atoms with Gasteiger partial charge in [-0.1, -0.05) is 0 Å². The fraction of sp³-hybridized carbons (Fsp3) is 0.292. The van der Waals surface area contributed by atoms with Crippen molar-refractivity contribution in [3.05, 3.63) is 63.6 Å². The zero-order valence-electron chi connectivity index (χ0n) is 19.0. The van der Waals surface area contributed by atoms with Crippen LogP contribution in [0.4, 0.5) is 5.69 Å². The molecule has 0 aliphatic carbocycles. The minimum atomic E-state index is -0.409. The van der Waals surface area contributed by atoms with Gasteiger partial charge in [0.1, 0.15) is 15.6 Å². The van der Waals surface area contributed by atoms with Crippen LogP contribution in [0.25, 0.3) is 21.7 Å². The van der Waals surface area contributed by atoms with Gasteiger partial charge in [0.15, 0.2) is 5.58 Å². The molecule has 0 saturated heterocycles. The lowest BCUT2D eigenvalue weighted by Crippen LogP contribution is -2.23. The molecule has 0 bridgehead atoms. The van der Waals surface area contributed by atoms with E-state index in [2.05, 4.69) is 10.3 Å². The number of nitrogens with one attached hydrogen (secondary N) is 1. The molecule has 0 spiro atoms. The van der Waals surface area contributed by atoms with Crippen molar-refractivity contribution in [2.45, 2.75) is 20.4 Å². The molecule has 1 N–H and O–H groups in total. The Kier molecular flexibility index (Phi) is 6.62. The number of fused-ring (bicyclic) bond motifs is 1. The van der Waals surface area contributed by atoms with Gasteiger partial charge in [0.05, 0.1) is 17.8 Å². The summed E-state index contributed by atoms with van der Waals surface area (Å²) in [7, 11) is 3.88. The van der Waals surface area contributed by atoms with Gasteiger partial charge in [0.2, 0.25) is 0 Å². The molecule has 0 fully saturated rings. The van der Waals surface area contributed by atoms with E-state index in [-0.39, 0.29) is 5.91 Å². The van der Waals surface area contributed by atoms with Crippen LogP contribution in [0.5, 0.6) is 5.75 Å². The van der Waals surface area contributed by atoms with Crippen molar-refractivity contribution in [2.75, 3.05) is 32.6 Å². The summed E-state index contributed by atoms with van der Waals surface area (Å²) in [6.45, 7) is 5.56. The van der Waals surface area contributed by atoms with Crippen molar-refractivity contribution in [1.29, 1.82) is 0 Å². The third-order valence-electron chi connectivity index (χ3n) is 5.11. The number of aromatic nitrogens is 2. The van der Waals surface area contributed by atoms with Crippen molar-refractivity contribution < 1.29 is 13.9 Å². The molecule has 2 aromatic heterocycles. The summed E-state index contributed by atoms with van der Waals surface area (Å²) in [5, 5.41) is 3.69. The smallest absolute Gasteiger partial charge is 0.419 e. The first-order valence-corrected chi connectivity index (χ1v) is 11.5. The Labute approximate surface area is 195 Å². The number of carbonyl (C=O) groups is 1. The van der Waals surface area contributed by atoms with Gasteiger partial charge in [-0.2, -0.15) is 0 Å². The molecule has 33 heavy (non-hydrogen) atoms. The number of benzene rings is 2. The molecule has 2 heterocycles. The van der Waals surface area contributed by atoms with E-state index in [0.29, 0.717) is 47.1 Å². The number of ether oxygens (including phenoxy) is 1. The number of aryl methyl sites for hydroxylation is 1. The number of amides is 1. The number of rotatable bonds is 8. The predicted molar refractivity (Wildman–Crippen MR) is 130 cm³/mol. The van der Waals surface area contributed by atoms with Crippen molar-refractivity contribution in [2.24, 2.45) is 0 Å². The summed E-state index contributed by atoms with van der Waals surface area (Å²) >= 11 is 1.34. The quantitative estimate of drug-likeness (QED) is 0.418. The Morgan fingerprint density at radius 3 is 2.67 bits per heavy atom. The number of carbonyl (C=O) groups excluding carboxylic acids is 1. The van der Waals surface area contributed by atoms with Crippen molar-refractivity contribution in [3.63, 3.8) is 0 Å². The number of hydrogen-bond donors (Lipinski definition) is 1. The molecular weight excluding hydrogens is 440 g/mol. The van der Waals surface area contributed by atoms with Crippen LogP contribution in [-0.2, 0) is 6.54 Å². The molecule has 0 unspecified atom stereocenters. The maximum Gasteiger partial charge on any atom is 0.419 e. The van der Waals surface area contributed by atoms with E-state index in [0.717, 1.165) is 16.3 Å². The van der Waals surface area contributed by atoms with Gasteiger partial charge in [0, 0.05) is 24.3 Å². The third-order valence-corrected chi connectivity index (χ3v) is 6.32. The first kappa shape index (κ1) is 22.8. The van der Waals surface area contributed by atoms with Crippen molar-refractivity contribution in [1.82, 2.24) is 14.5 Å². The summed E-state index contributed by atoms with van der Waals surface area (Å²) in [6.07, 6.45) is 0. The molecular formula is C24H26N4O4S. The lowest BCUT2D eigenvalue weighted by atomic mass is 10.2. The monoisotopic (exact) mass is 466 g/mol. The molecule has 8 nitrogen and oxygen atoms in total. The Morgan fingerprint density at radius 2 is 1.97 bits per heavy atom. The van der Waals surface area contributed by atoms with E-state index in [1.165, 1.54) is 11.3 Å². The Hall–Kier alpha value is -3.43. The van der Waals surface area contributed by atoms with E-state index in [1.54, 1.807) is 22.8 Å². The lowest BCUT2D eigenvalue weighted by Gasteiger charge is -2.10. The van der Waals surface area contributed by atoms with E-state index in [4.69, 9.17) is 9.15 Å². The summed E-state index contributed by atoms with van der Waals surface area (Å²) in [4.78, 5) is 32.3. The van der Waals surface area contributed by atoms with Crippen molar-refractivity contribution in [3.8, 4) is 16.3 Å². The van der Waals surface area contributed by atoms with E-state index >= 15 is 0 Å². The van der Waals surface area contributed by atoms with Crippen molar-refractivity contribution >= 4 is 34.0 Å². The van der Waals surface area contributed by atoms with Crippen LogP contribution in [0.15, 0.2) is 51.7 Å². The number of oxazole rings is 1. The van der Waals surface area contributed by atoms with Crippen LogP contribution >= 0.6 is 11.3 Å². The highest BCUT2D eigenvalue weighted by Gasteiger charge is 2.18. The molecule has 2 aromatic carbocycles. The zero-order valence-corrected chi connectivity index (χ0v) is 19.9. The van der Waals surface area contributed by atoms with Gasteiger partial charge < -0.3 is 19.4 Å². The van der Waals surface area contributed by atoms with Crippen LogP contribution < -0.4 is 15.8 Å². The average Bonchev–Trinajstić information content (AvgIpc) is 3.32. The summed E-state index contributed by atoms with van der Waals surface area (Å²) in [6, 6.07) is 12.8. The number of thiazole rings is 1. The highest BCUT2D eigenvalue weighted by Crippen LogP contribution is 2.30. The second-order valence-corrected chi connectivity index (χ2v) is 8.85. The molecule has 0 saturated carbocycles. The van der Waals surface area contributed by atoms with E-state index in [9.17, 15) is 9.59 Å². The van der Waals surface area contributed by atoms with E-state index in [1.807, 2.05) is 57.1 Å². The van der Waals surface area contributed by atoms with Gasteiger partial charge in [-0.25, -0.2) is 9.78 Å². The fourth-order valence-electron chi connectivity index (χ4n) is 3.43. The van der Waals surface area contributed by atoms with Gasteiger partial charge >= 0.3 is 5.76 Å². The lowest BCUT2D eigenvalue weighted by molar-refractivity contribution is 0.103. The molecule has 172 valence electrons. The molecule has 0 aliphatic rings. The fourth-order valence-corrected chi connectivity index (χ4v) is 4.40. The largest absolute Gasteiger partial charge is 0.494 e. The van der Waals surface area contributed by atoms with Gasteiger partial charge in [0.25, 0.3) is 5.91 Å². The van der Waals surface area contributed by atoms with Crippen LogP contribution in [-0.4, -0.2) is 47.6 Å². The van der Waals surface area contributed by atoms with Gasteiger partial charge in [-0.3, -0.25) is 9.36 Å². The van der Waals surface area contributed by atoms with Crippen LogP contribution in [0.3, 0.4) is 0 Å². The number of likely N-dealkylation sites (N-methyl/N-ethyl adjacent to an activating group) is 1. The molecule has 4 aromatic rings. The molecule has 0 radical (unpaired) electrons. The second kappa shape index (κ2) is 9.60. The Morgan fingerprint density at radius 1 is 1.21 bits per heavy atom. The Bertz CT molecular complexity index is 1340. The van der Waals surface area contributed by atoms with Crippen LogP contribution in [0, 0.1) is 6.92 Å². The number of nitrogens with zero attached hydrogens (tertiary/aromatic N) is 3. The molecule has 9 heteroatoms. The summed E-state index contributed by atoms with van der Waals surface area (Å²) in [5.41, 5.74) is 3.31. The second-order valence-electron chi connectivity index (χ2n) is 7.85. The topological polar surface area (TPSA) is 89.6 Å². The minimum absolute atomic E-state index is 0.243. The normalized spacial score (nSPS) is 11.3. The third kappa shape index (κ3) is 4.99. The molecule has 4 rings (SSSR count). The van der Waals surface area contributed by atoms with Crippen LogP contribution in [0.2, 0.25) is 0 Å². The maximum atomic E-state index is 13.0. The zero-order chi connectivity index (χ0) is 23.5. The average molecular weight is 467 g/mol. The molecule has 0 atom stereocenters. The predicted octanol–water partition coefficient (Wildman–Crippen LogP) is 4.24. The summed E-state index contributed by atoms with van der Waals surface area (Å²) < 4.78 is 12.4. The first-order chi connectivity index (χ1) is 15.9.